The van der Waals surface area contributed by atoms with Gasteiger partial charge in [-0.25, -0.2) is 9.80 Å². The summed E-state index contributed by atoms with van der Waals surface area (Å²) in [6.07, 6.45) is 3.19. The van der Waals surface area contributed by atoms with Crippen molar-refractivity contribution in [3.05, 3.63) is 0 Å². The molecule has 0 aromatic rings. The molecular weight excluding hydrogens is 391 g/mol. The molecule has 9 heteroatoms. The van der Waals surface area contributed by atoms with E-state index in [0.717, 1.165) is 0 Å². The van der Waals surface area contributed by atoms with Gasteiger partial charge in [0.15, 0.2) is 0 Å². The second kappa shape index (κ2) is 9.12. The van der Waals surface area contributed by atoms with Crippen LogP contribution in [0.4, 0.5) is 0 Å². The third kappa shape index (κ3) is 3.47. The molecule has 3 atom stereocenters. The number of hydrogen-bond acceptors (Lipinski definition) is 3. The van der Waals surface area contributed by atoms with Crippen LogP contribution in [-0.4, -0.2) is 83.4 Å². The summed E-state index contributed by atoms with van der Waals surface area (Å²) in [6.45, 7) is 7.53. The first kappa shape index (κ1) is 21.3. The van der Waals surface area contributed by atoms with Gasteiger partial charge in [-0.2, -0.15) is 0 Å². The number of halogens is 5. The average Bonchev–Trinajstić information content (AvgIpc) is 2.95. The number of ether oxygens (including phenoxy) is 1. The fourth-order valence-electron chi connectivity index (χ4n) is 4.55. The Kier molecular flexibility index (Phi) is 8.84. The summed E-state index contributed by atoms with van der Waals surface area (Å²) < 4.78 is 7.57. The number of quaternary nitrogens is 1. The van der Waals surface area contributed by atoms with Crippen molar-refractivity contribution in [2.24, 2.45) is 0 Å². The average molecular weight is 416 g/mol. The standard InChI is InChI=1S/C11H20N3O.2CH2Cl2.ClH/c1-12-4-2-6-14-7-3-5-13-8-10(9-14)15-11(12,13)14;2*2-1-3;/h10H,2-9H2,1H3;2*1H2;1H/q+1;;;/p-1/t10-,11+,14+;;;/m1.../s1. The molecule has 4 saturated heterocycles. The van der Waals surface area contributed by atoms with Crippen molar-refractivity contribution in [2.75, 3.05) is 57.0 Å². The van der Waals surface area contributed by atoms with Crippen LogP contribution in [0.5, 0.6) is 0 Å². The predicted molar refractivity (Wildman–Crippen MR) is 89.0 cm³/mol. The molecule has 4 fully saturated rings. The largest absolute Gasteiger partial charge is 1.00 e. The summed E-state index contributed by atoms with van der Waals surface area (Å²) in [5.74, 6) is -0.0405. The van der Waals surface area contributed by atoms with Crippen LogP contribution in [-0.2, 0) is 4.74 Å². The van der Waals surface area contributed by atoms with Gasteiger partial charge in [-0.05, 0) is 7.05 Å². The van der Waals surface area contributed by atoms with Crippen LogP contribution in [0.3, 0.4) is 0 Å². The number of alkyl halides is 4. The second-order valence-electron chi connectivity index (χ2n) is 5.87. The van der Waals surface area contributed by atoms with Gasteiger partial charge in [0.2, 0.25) is 0 Å². The maximum absolute atomic E-state index is 6.36. The fourth-order valence-corrected chi connectivity index (χ4v) is 4.55. The van der Waals surface area contributed by atoms with Gasteiger partial charge in [-0.3, -0.25) is 9.22 Å². The van der Waals surface area contributed by atoms with E-state index in [9.17, 15) is 0 Å². The van der Waals surface area contributed by atoms with Crippen molar-refractivity contribution < 1.29 is 21.6 Å². The first-order valence-corrected chi connectivity index (χ1v) is 9.48. The monoisotopic (exact) mass is 413 g/mol. The number of nitrogens with zero attached hydrogens (tertiary/aromatic N) is 3. The summed E-state index contributed by atoms with van der Waals surface area (Å²) in [7, 11) is 2.25. The first-order chi connectivity index (χ1) is 10.1. The highest BCUT2D eigenvalue weighted by atomic mass is 35.5. The minimum absolute atomic E-state index is 0. The molecule has 4 nitrogen and oxygen atoms in total. The van der Waals surface area contributed by atoms with E-state index in [1.165, 1.54) is 56.6 Å². The Labute approximate surface area is 159 Å². The quantitative estimate of drug-likeness (QED) is 0.400. The molecule has 4 heterocycles. The molecule has 0 N–H and O–H groups in total. The Balaban J connectivity index is 0.000000306. The zero-order valence-corrected chi connectivity index (χ0v) is 16.6. The molecule has 0 aromatic carbocycles. The molecule has 4 rings (SSSR count). The smallest absolute Gasteiger partial charge is 0.333 e. The molecule has 0 amide bonds. The lowest BCUT2D eigenvalue weighted by molar-refractivity contribution is -1.02. The van der Waals surface area contributed by atoms with Crippen molar-refractivity contribution in [1.82, 2.24) is 9.80 Å². The number of rotatable bonds is 0. The Hall–Kier alpha value is 1.29. The van der Waals surface area contributed by atoms with E-state index in [-0.39, 0.29) is 29.1 Å². The number of fused-ring (bicyclic) bond motifs is 1. The van der Waals surface area contributed by atoms with Crippen molar-refractivity contribution in [1.29, 1.82) is 0 Å². The molecule has 0 radical (unpaired) electrons. The molecule has 22 heavy (non-hydrogen) atoms. The van der Waals surface area contributed by atoms with E-state index in [1.54, 1.807) is 0 Å². The summed E-state index contributed by atoms with van der Waals surface area (Å²) >= 11 is 19.1. The lowest BCUT2D eigenvalue weighted by Gasteiger charge is -2.59. The van der Waals surface area contributed by atoms with Gasteiger partial charge in [0.1, 0.15) is 12.6 Å². The van der Waals surface area contributed by atoms with Gasteiger partial charge in [0, 0.05) is 32.5 Å². The van der Waals surface area contributed by atoms with Crippen LogP contribution < -0.4 is 12.4 Å². The highest BCUT2D eigenvalue weighted by Crippen LogP contribution is 2.50. The molecule has 1 spiro atoms. The minimum atomic E-state index is -0.0405. The zero-order chi connectivity index (χ0) is 15.5. The minimum Gasteiger partial charge on any atom is -1.00 e. The van der Waals surface area contributed by atoms with E-state index < -0.39 is 0 Å². The topological polar surface area (TPSA) is 15.7 Å². The highest BCUT2D eigenvalue weighted by Gasteiger charge is 2.73. The predicted octanol–water partition coefficient (Wildman–Crippen LogP) is -0.285. The maximum Gasteiger partial charge on any atom is 0.333 e. The van der Waals surface area contributed by atoms with Gasteiger partial charge in [-0.1, -0.05) is 0 Å². The van der Waals surface area contributed by atoms with E-state index in [4.69, 9.17) is 51.1 Å². The molecule has 0 saturated carbocycles. The zero-order valence-electron chi connectivity index (χ0n) is 12.8. The molecule has 0 aromatic heterocycles. The molecule has 4 aliphatic rings. The molecule has 0 aliphatic carbocycles. The van der Waals surface area contributed by atoms with Gasteiger partial charge in [-0.15, -0.1) is 46.4 Å². The normalized spacial score (nSPS) is 38.9. The highest BCUT2D eigenvalue weighted by molar-refractivity contribution is 6.40. The van der Waals surface area contributed by atoms with Crippen LogP contribution in [0.2, 0.25) is 0 Å². The van der Waals surface area contributed by atoms with Crippen molar-refractivity contribution >= 4 is 46.4 Å². The van der Waals surface area contributed by atoms with Crippen LogP contribution in [0, 0.1) is 0 Å². The molecule has 0 unspecified atom stereocenters. The summed E-state index contributed by atoms with van der Waals surface area (Å²) in [6, 6.07) is 0. The van der Waals surface area contributed by atoms with E-state index in [2.05, 4.69) is 16.8 Å². The number of hydrogen-bond donors (Lipinski definition) is 0. The van der Waals surface area contributed by atoms with Crippen molar-refractivity contribution in [2.45, 2.75) is 24.9 Å². The van der Waals surface area contributed by atoms with Crippen LogP contribution in [0.15, 0.2) is 0 Å². The van der Waals surface area contributed by atoms with E-state index in [0.29, 0.717) is 6.10 Å². The Bertz CT molecular complexity index is 346. The van der Waals surface area contributed by atoms with Gasteiger partial charge < -0.3 is 12.4 Å². The Morgan fingerprint density at radius 1 is 1.09 bits per heavy atom. The first-order valence-electron chi connectivity index (χ1n) is 7.34. The summed E-state index contributed by atoms with van der Waals surface area (Å²) in [4.78, 5) is 5.08. The van der Waals surface area contributed by atoms with Gasteiger partial charge >= 0.3 is 5.97 Å². The molecule has 4 aliphatic heterocycles. The third-order valence-electron chi connectivity index (χ3n) is 4.92. The fraction of sp³-hybridized carbons (Fsp3) is 1.00. The third-order valence-corrected chi connectivity index (χ3v) is 4.92. The van der Waals surface area contributed by atoms with E-state index >= 15 is 0 Å². The van der Waals surface area contributed by atoms with Crippen LogP contribution in [0.25, 0.3) is 0 Å². The maximum atomic E-state index is 6.36. The lowest BCUT2D eigenvalue weighted by atomic mass is 10.0. The van der Waals surface area contributed by atoms with Crippen LogP contribution >= 0.6 is 46.4 Å². The van der Waals surface area contributed by atoms with Gasteiger partial charge in [0.05, 0.1) is 23.8 Å². The Morgan fingerprint density at radius 3 is 2.18 bits per heavy atom. The molecule has 2 bridgehead atoms. The SMILES string of the molecule is CN1CCC[N@+]23CCCN4C[C@H](C2)O[C@@]143.ClCCl.ClCCl.[Cl-]. The van der Waals surface area contributed by atoms with Crippen LogP contribution in [0.1, 0.15) is 12.8 Å². The lowest BCUT2D eigenvalue weighted by Crippen LogP contribution is -3.00. The Morgan fingerprint density at radius 2 is 1.64 bits per heavy atom. The summed E-state index contributed by atoms with van der Waals surface area (Å²) in [5, 5.41) is 0.389. The van der Waals surface area contributed by atoms with Gasteiger partial charge in [0.25, 0.3) is 0 Å². The van der Waals surface area contributed by atoms with Crippen molar-refractivity contribution in [3.8, 4) is 0 Å². The molecular formula is C13H24Cl5N3O. The van der Waals surface area contributed by atoms with E-state index in [1.807, 2.05) is 0 Å². The second-order valence-corrected chi connectivity index (χ2v) is 7.48. The molecule has 132 valence electrons. The van der Waals surface area contributed by atoms with Crippen molar-refractivity contribution in [3.63, 3.8) is 0 Å². The summed E-state index contributed by atoms with van der Waals surface area (Å²) in [5.41, 5.74) is 0.